The van der Waals surface area contributed by atoms with E-state index in [9.17, 15) is 9.59 Å². The number of benzene rings is 2. The van der Waals surface area contributed by atoms with Crippen molar-refractivity contribution in [2.24, 2.45) is 0 Å². The van der Waals surface area contributed by atoms with Gasteiger partial charge < -0.3 is 14.1 Å². The van der Waals surface area contributed by atoms with E-state index in [0.29, 0.717) is 41.1 Å². The van der Waals surface area contributed by atoms with Crippen LogP contribution in [0.2, 0.25) is 5.02 Å². The van der Waals surface area contributed by atoms with Crippen molar-refractivity contribution >= 4 is 28.5 Å². The van der Waals surface area contributed by atoms with Crippen LogP contribution in [0.3, 0.4) is 0 Å². The highest BCUT2D eigenvalue weighted by atomic mass is 35.5. The predicted molar refractivity (Wildman–Crippen MR) is 122 cm³/mol. The van der Waals surface area contributed by atoms with E-state index in [0.717, 1.165) is 16.7 Å². The number of ether oxygens (including phenoxy) is 1. The largest absolute Gasteiger partial charge is 0.450 e. The second kappa shape index (κ2) is 8.48. The maximum atomic E-state index is 13.6. The van der Waals surface area contributed by atoms with Gasteiger partial charge in [-0.2, -0.15) is 0 Å². The maximum Gasteiger partial charge on any atom is 0.290 e. The van der Waals surface area contributed by atoms with Gasteiger partial charge in [-0.05, 0) is 75.1 Å². The Hall–Kier alpha value is -2.63. The summed E-state index contributed by atoms with van der Waals surface area (Å²) in [5.74, 6) is -0.155. The zero-order chi connectivity index (χ0) is 22.3. The number of amides is 1. The first-order chi connectivity index (χ1) is 14.8. The number of halogens is 1. The quantitative estimate of drug-likeness (QED) is 0.481. The van der Waals surface area contributed by atoms with Crippen molar-refractivity contribution < 1.29 is 13.9 Å². The van der Waals surface area contributed by atoms with E-state index in [4.69, 9.17) is 20.8 Å². The Balaban J connectivity index is 1.85. The van der Waals surface area contributed by atoms with Crippen molar-refractivity contribution in [2.45, 2.75) is 46.3 Å². The highest BCUT2D eigenvalue weighted by Gasteiger charge is 2.42. The molecular formula is C25H26ClNO4. The van der Waals surface area contributed by atoms with Gasteiger partial charge in [0.15, 0.2) is 5.43 Å². The van der Waals surface area contributed by atoms with Crippen LogP contribution in [0.4, 0.5) is 0 Å². The van der Waals surface area contributed by atoms with E-state index < -0.39 is 6.04 Å². The van der Waals surface area contributed by atoms with E-state index in [1.54, 1.807) is 17.0 Å². The fourth-order valence-corrected chi connectivity index (χ4v) is 4.28. The molecule has 31 heavy (non-hydrogen) atoms. The van der Waals surface area contributed by atoms with Crippen LogP contribution >= 0.6 is 11.6 Å². The normalized spacial score (nSPS) is 15.9. The first-order valence-corrected chi connectivity index (χ1v) is 10.9. The molecule has 1 aliphatic rings. The minimum absolute atomic E-state index is 0.121. The van der Waals surface area contributed by atoms with Gasteiger partial charge in [0.05, 0.1) is 23.1 Å². The molecule has 2 heterocycles. The van der Waals surface area contributed by atoms with Crippen molar-refractivity contribution in [1.82, 2.24) is 4.90 Å². The molecule has 1 amide bonds. The average Bonchev–Trinajstić information content (AvgIpc) is 2.99. The van der Waals surface area contributed by atoms with Crippen LogP contribution in [-0.4, -0.2) is 30.1 Å². The summed E-state index contributed by atoms with van der Waals surface area (Å²) in [5.41, 5.74) is 3.46. The number of fused-ring (bicyclic) bond motifs is 2. The molecule has 1 aromatic heterocycles. The Morgan fingerprint density at radius 1 is 1.13 bits per heavy atom. The molecule has 0 radical (unpaired) electrons. The summed E-state index contributed by atoms with van der Waals surface area (Å²) in [6.07, 6.45) is 0.774. The van der Waals surface area contributed by atoms with Crippen LogP contribution in [0.15, 0.2) is 45.6 Å². The topological polar surface area (TPSA) is 59.8 Å². The van der Waals surface area contributed by atoms with Crippen LogP contribution in [0.25, 0.3) is 11.0 Å². The molecule has 0 aliphatic carbocycles. The lowest BCUT2D eigenvalue weighted by molar-refractivity contribution is 0.0593. The molecule has 1 atom stereocenters. The molecule has 5 nitrogen and oxygen atoms in total. The van der Waals surface area contributed by atoms with Crippen molar-refractivity contribution in [3.05, 3.63) is 79.7 Å². The van der Waals surface area contributed by atoms with Crippen LogP contribution in [0, 0.1) is 13.8 Å². The monoisotopic (exact) mass is 439 g/mol. The van der Waals surface area contributed by atoms with Gasteiger partial charge in [-0.1, -0.05) is 23.7 Å². The van der Waals surface area contributed by atoms with Gasteiger partial charge in [-0.15, -0.1) is 0 Å². The SMILES string of the molecule is Cc1cc2oc3c(c(=O)c2cc1C)[C@@H](c1cccc(Cl)c1)N(CCCOC(C)C)C3=O. The van der Waals surface area contributed by atoms with Gasteiger partial charge in [0.25, 0.3) is 5.91 Å². The van der Waals surface area contributed by atoms with Crippen LogP contribution in [0.5, 0.6) is 0 Å². The Labute approximate surface area is 186 Å². The van der Waals surface area contributed by atoms with Crippen molar-refractivity contribution in [1.29, 1.82) is 0 Å². The standard InChI is InChI=1S/C25H26ClNO4/c1-14(2)30-10-6-9-27-22(17-7-5-8-18(26)13-17)21-23(28)19-11-15(3)16(4)12-20(19)31-24(21)25(27)29/h5,7-8,11-14,22H,6,9-10H2,1-4H3/t22-/m1/s1. The zero-order valence-electron chi connectivity index (χ0n) is 18.2. The van der Waals surface area contributed by atoms with Crippen molar-refractivity contribution in [3.8, 4) is 0 Å². The third-order valence-corrected chi connectivity index (χ3v) is 5.98. The predicted octanol–water partition coefficient (Wildman–Crippen LogP) is 5.42. The van der Waals surface area contributed by atoms with Gasteiger partial charge in [-0.25, -0.2) is 0 Å². The second-order valence-corrected chi connectivity index (χ2v) is 8.77. The van der Waals surface area contributed by atoms with E-state index >= 15 is 0 Å². The molecule has 1 aliphatic heterocycles. The number of carbonyl (C=O) groups excluding carboxylic acids is 1. The molecule has 0 bridgehead atoms. The number of carbonyl (C=O) groups is 1. The van der Waals surface area contributed by atoms with Gasteiger partial charge in [0, 0.05) is 18.2 Å². The lowest BCUT2D eigenvalue weighted by Crippen LogP contribution is -2.31. The Morgan fingerprint density at radius 2 is 1.87 bits per heavy atom. The summed E-state index contributed by atoms with van der Waals surface area (Å²) in [6, 6.07) is 10.4. The summed E-state index contributed by atoms with van der Waals surface area (Å²) in [7, 11) is 0. The minimum Gasteiger partial charge on any atom is -0.450 e. The molecule has 0 spiro atoms. The number of hydrogen-bond donors (Lipinski definition) is 0. The van der Waals surface area contributed by atoms with E-state index in [-0.39, 0.29) is 23.2 Å². The van der Waals surface area contributed by atoms with E-state index in [1.807, 2.05) is 52.0 Å². The summed E-state index contributed by atoms with van der Waals surface area (Å²) in [6.45, 7) is 8.84. The molecule has 6 heteroatoms. The number of hydrogen-bond acceptors (Lipinski definition) is 4. The fraction of sp³-hybridized carbons (Fsp3) is 0.360. The number of aryl methyl sites for hydroxylation is 2. The number of rotatable bonds is 6. The molecule has 0 fully saturated rings. The van der Waals surface area contributed by atoms with E-state index in [1.165, 1.54) is 0 Å². The fourth-order valence-electron chi connectivity index (χ4n) is 4.08. The van der Waals surface area contributed by atoms with Gasteiger partial charge in [-0.3, -0.25) is 9.59 Å². The molecule has 0 saturated carbocycles. The lowest BCUT2D eigenvalue weighted by Gasteiger charge is -2.25. The molecule has 4 rings (SSSR count). The highest BCUT2D eigenvalue weighted by molar-refractivity contribution is 6.30. The Bertz CT molecular complexity index is 1210. The third-order valence-electron chi connectivity index (χ3n) is 5.74. The van der Waals surface area contributed by atoms with Gasteiger partial charge in [0.2, 0.25) is 5.76 Å². The summed E-state index contributed by atoms with van der Waals surface area (Å²) < 4.78 is 11.7. The smallest absolute Gasteiger partial charge is 0.290 e. The number of nitrogens with zero attached hydrogens (tertiary/aromatic N) is 1. The molecule has 0 N–H and O–H groups in total. The molecular weight excluding hydrogens is 414 g/mol. The first-order valence-electron chi connectivity index (χ1n) is 10.5. The molecule has 3 aromatic rings. The zero-order valence-corrected chi connectivity index (χ0v) is 19.0. The first kappa shape index (κ1) is 21.6. The van der Waals surface area contributed by atoms with Gasteiger partial charge in [0.1, 0.15) is 5.58 Å². The van der Waals surface area contributed by atoms with Gasteiger partial charge >= 0.3 is 0 Å². The summed E-state index contributed by atoms with van der Waals surface area (Å²) >= 11 is 6.24. The average molecular weight is 440 g/mol. The Morgan fingerprint density at radius 3 is 2.58 bits per heavy atom. The van der Waals surface area contributed by atoms with E-state index in [2.05, 4.69) is 0 Å². The summed E-state index contributed by atoms with van der Waals surface area (Å²) in [4.78, 5) is 28.6. The lowest BCUT2D eigenvalue weighted by atomic mass is 9.97. The molecule has 162 valence electrons. The molecule has 2 aromatic carbocycles. The minimum atomic E-state index is -0.539. The van der Waals surface area contributed by atoms with Crippen LogP contribution in [-0.2, 0) is 4.74 Å². The van der Waals surface area contributed by atoms with Crippen LogP contribution in [0.1, 0.15) is 59.1 Å². The maximum absolute atomic E-state index is 13.6. The second-order valence-electron chi connectivity index (χ2n) is 8.34. The molecule has 0 saturated heterocycles. The highest BCUT2D eigenvalue weighted by Crippen LogP contribution is 2.39. The van der Waals surface area contributed by atoms with Crippen molar-refractivity contribution in [3.63, 3.8) is 0 Å². The summed E-state index contributed by atoms with van der Waals surface area (Å²) in [5, 5.41) is 1.05. The van der Waals surface area contributed by atoms with Crippen LogP contribution < -0.4 is 5.43 Å². The third kappa shape index (κ3) is 4.00. The van der Waals surface area contributed by atoms with Crippen molar-refractivity contribution in [2.75, 3.05) is 13.2 Å². The molecule has 0 unspecified atom stereocenters. The Kier molecular flexibility index (Phi) is 5.91.